The standard InChI is InChI=1S/C17H34N2O2S2/c1-17(2,3)21-16(20)19-10-6-14-22-12-4-8-18-9-5-13-23-15-7-11-19/h18H,4-15H2,1-3H3. The minimum Gasteiger partial charge on any atom is -0.444 e. The van der Waals surface area contributed by atoms with Crippen LogP contribution in [0.15, 0.2) is 0 Å². The number of hydrogen-bond donors (Lipinski definition) is 1. The monoisotopic (exact) mass is 362 g/mol. The van der Waals surface area contributed by atoms with E-state index >= 15 is 0 Å². The molecule has 1 rings (SSSR count). The van der Waals surface area contributed by atoms with E-state index in [0.717, 1.165) is 50.5 Å². The first-order valence-corrected chi connectivity index (χ1v) is 11.1. The molecule has 1 aliphatic rings. The SMILES string of the molecule is CC(C)(C)OC(=O)N1CCCSCCCNCCCSCCC1. The van der Waals surface area contributed by atoms with Gasteiger partial charge in [0.2, 0.25) is 0 Å². The van der Waals surface area contributed by atoms with Gasteiger partial charge in [-0.1, -0.05) is 0 Å². The van der Waals surface area contributed by atoms with Gasteiger partial charge in [-0.2, -0.15) is 23.5 Å². The van der Waals surface area contributed by atoms with Gasteiger partial charge in [0.15, 0.2) is 0 Å². The van der Waals surface area contributed by atoms with Crippen molar-refractivity contribution >= 4 is 29.6 Å². The van der Waals surface area contributed by atoms with Crippen molar-refractivity contribution in [1.82, 2.24) is 10.2 Å². The van der Waals surface area contributed by atoms with Crippen LogP contribution < -0.4 is 5.32 Å². The van der Waals surface area contributed by atoms with Crippen LogP contribution in [0.1, 0.15) is 46.5 Å². The Morgan fingerprint density at radius 3 is 1.87 bits per heavy atom. The lowest BCUT2D eigenvalue weighted by Gasteiger charge is -2.27. The van der Waals surface area contributed by atoms with Crippen LogP contribution in [0.3, 0.4) is 0 Å². The van der Waals surface area contributed by atoms with Crippen molar-refractivity contribution in [3.05, 3.63) is 0 Å². The number of thioether (sulfide) groups is 2. The molecule has 0 aromatic heterocycles. The van der Waals surface area contributed by atoms with Gasteiger partial charge in [-0.25, -0.2) is 4.79 Å². The molecule has 1 amide bonds. The first kappa shape index (κ1) is 21.0. The van der Waals surface area contributed by atoms with Crippen LogP contribution in [0.25, 0.3) is 0 Å². The lowest BCUT2D eigenvalue weighted by atomic mass is 10.2. The van der Waals surface area contributed by atoms with Crippen LogP contribution in [0, 0.1) is 0 Å². The average molecular weight is 363 g/mol. The van der Waals surface area contributed by atoms with Crippen molar-refractivity contribution in [3.8, 4) is 0 Å². The zero-order chi connectivity index (χ0) is 17.0. The number of ether oxygens (including phenoxy) is 1. The third-order valence-electron chi connectivity index (χ3n) is 3.37. The van der Waals surface area contributed by atoms with Crippen LogP contribution in [0.4, 0.5) is 4.79 Å². The first-order chi connectivity index (χ1) is 11.0. The highest BCUT2D eigenvalue weighted by Gasteiger charge is 2.21. The van der Waals surface area contributed by atoms with Gasteiger partial charge in [-0.05, 0) is 82.6 Å². The summed E-state index contributed by atoms with van der Waals surface area (Å²) in [5, 5.41) is 3.51. The van der Waals surface area contributed by atoms with E-state index in [1.165, 1.54) is 24.3 Å². The number of amides is 1. The van der Waals surface area contributed by atoms with Crippen molar-refractivity contribution < 1.29 is 9.53 Å². The zero-order valence-corrected chi connectivity index (χ0v) is 16.7. The lowest BCUT2D eigenvalue weighted by molar-refractivity contribution is 0.0251. The molecular weight excluding hydrogens is 328 g/mol. The Labute approximate surface area is 150 Å². The van der Waals surface area contributed by atoms with Crippen LogP contribution >= 0.6 is 23.5 Å². The summed E-state index contributed by atoms with van der Waals surface area (Å²) in [5.41, 5.74) is -0.414. The van der Waals surface area contributed by atoms with Gasteiger partial charge in [0.1, 0.15) is 5.60 Å². The molecule has 1 saturated heterocycles. The molecule has 1 aliphatic heterocycles. The quantitative estimate of drug-likeness (QED) is 0.709. The van der Waals surface area contributed by atoms with Gasteiger partial charge in [0, 0.05) is 13.1 Å². The third-order valence-corrected chi connectivity index (χ3v) is 5.68. The van der Waals surface area contributed by atoms with Crippen LogP contribution in [0.5, 0.6) is 0 Å². The van der Waals surface area contributed by atoms with Crippen molar-refractivity contribution in [2.45, 2.75) is 52.1 Å². The van der Waals surface area contributed by atoms with Crippen LogP contribution in [-0.4, -0.2) is 65.8 Å². The maximum Gasteiger partial charge on any atom is 0.410 e. The maximum atomic E-state index is 12.3. The predicted octanol–water partition coefficient (Wildman–Crippen LogP) is 3.85. The van der Waals surface area contributed by atoms with E-state index in [0.29, 0.717) is 0 Å². The Morgan fingerprint density at radius 2 is 1.39 bits per heavy atom. The summed E-state index contributed by atoms with van der Waals surface area (Å²) in [5.74, 6) is 4.64. The fourth-order valence-corrected chi connectivity index (χ4v) is 4.04. The number of carbonyl (C=O) groups excluding carboxylic acids is 1. The molecule has 0 aromatic carbocycles. The molecule has 0 atom stereocenters. The Balaban J connectivity index is 2.42. The second-order valence-electron chi connectivity index (χ2n) is 6.86. The van der Waals surface area contributed by atoms with E-state index in [1.54, 1.807) is 0 Å². The molecular formula is C17H34N2O2S2. The molecule has 136 valence electrons. The molecule has 0 saturated carbocycles. The summed E-state index contributed by atoms with van der Waals surface area (Å²) in [6.45, 7) is 9.67. The predicted molar refractivity (Wildman–Crippen MR) is 104 cm³/mol. The molecule has 1 fully saturated rings. The zero-order valence-electron chi connectivity index (χ0n) is 15.1. The van der Waals surface area contributed by atoms with E-state index in [4.69, 9.17) is 4.74 Å². The number of rotatable bonds is 0. The van der Waals surface area contributed by atoms with Gasteiger partial charge in [-0.15, -0.1) is 0 Å². The minimum atomic E-state index is -0.414. The largest absolute Gasteiger partial charge is 0.444 e. The summed E-state index contributed by atoms with van der Waals surface area (Å²) >= 11 is 3.99. The van der Waals surface area contributed by atoms with Gasteiger partial charge in [0.25, 0.3) is 0 Å². The van der Waals surface area contributed by atoms with Gasteiger partial charge in [0.05, 0.1) is 0 Å². The molecule has 1 heterocycles. The molecule has 6 heteroatoms. The Morgan fingerprint density at radius 1 is 0.913 bits per heavy atom. The maximum absolute atomic E-state index is 12.3. The number of hydrogen-bond acceptors (Lipinski definition) is 5. The van der Waals surface area contributed by atoms with Crippen molar-refractivity contribution in [3.63, 3.8) is 0 Å². The molecule has 0 aliphatic carbocycles. The smallest absolute Gasteiger partial charge is 0.410 e. The molecule has 23 heavy (non-hydrogen) atoms. The van der Waals surface area contributed by atoms with E-state index in [-0.39, 0.29) is 6.09 Å². The van der Waals surface area contributed by atoms with Crippen molar-refractivity contribution in [2.75, 3.05) is 49.2 Å². The Kier molecular flexibility index (Phi) is 11.2. The summed E-state index contributed by atoms with van der Waals surface area (Å²) in [6, 6.07) is 0. The second-order valence-corrected chi connectivity index (χ2v) is 9.31. The molecule has 0 unspecified atom stereocenters. The highest BCUT2D eigenvalue weighted by atomic mass is 32.2. The first-order valence-electron chi connectivity index (χ1n) is 8.83. The summed E-state index contributed by atoms with van der Waals surface area (Å²) in [4.78, 5) is 14.2. The summed E-state index contributed by atoms with van der Waals surface area (Å²) < 4.78 is 5.55. The second kappa shape index (κ2) is 12.3. The summed E-state index contributed by atoms with van der Waals surface area (Å²) in [7, 11) is 0. The topological polar surface area (TPSA) is 41.6 Å². The molecule has 0 bridgehead atoms. The molecule has 4 nitrogen and oxygen atoms in total. The van der Waals surface area contributed by atoms with E-state index in [1.807, 2.05) is 49.2 Å². The fourth-order valence-electron chi connectivity index (χ4n) is 2.26. The number of nitrogens with zero attached hydrogens (tertiary/aromatic N) is 1. The number of carbonyl (C=O) groups is 1. The lowest BCUT2D eigenvalue weighted by Crippen LogP contribution is -2.38. The van der Waals surface area contributed by atoms with Gasteiger partial charge < -0.3 is 15.0 Å². The van der Waals surface area contributed by atoms with E-state index in [9.17, 15) is 4.79 Å². The molecule has 1 N–H and O–H groups in total. The van der Waals surface area contributed by atoms with Gasteiger partial charge >= 0.3 is 6.09 Å². The summed E-state index contributed by atoms with van der Waals surface area (Å²) in [6.07, 6.45) is 4.40. The highest BCUT2D eigenvalue weighted by Crippen LogP contribution is 2.13. The van der Waals surface area contributed by atoms with Crippen LogP contribution in [0.2, 0.25) is 0 Å². The molecule has 0 radical (unpaired) electrons. The molecule has 0 aromatic rings. The fraction of sp³-hybridized carbons (Fsp3) is 0.941. The third kappa shape index (κ3) is 12.0. The van der Waals surface area contributed by atoms with Crippen molar-refractivity contribution in [2.24, 2.45) is 0 Å². The number of nitrogens with one attached hydrogen (secondary N) is 1. The minimum absolute atomic E-state index is 0.155. The molecule has 0 spiro atoms. The van der Waals surface area contributed by atoms with Gasteiger partial charge in [-0.3, -0.25) is 0 Å². The van der Waals surface area contributed by atoms with E-state index in [2.05, 4.69) is 5.32 Å². The normalized spacial score (nSPS) is 20.9. The van der Waals surface area contributed by atoms with Crippen LogP contribution in [-0.2, 0) is 4.74 Å². The average Bonchev–Trinajstić information content (AvgIpc) is 2.45. The van der Waals surface area contributed by atoms with E-state index < -0.39 is 5.60 Å². The highest BCUT2D eigenvalue weighted by molar-refractivity contribution is 7.99. The Bertz CT molecular complexity index is 306. The Hall–Kier alpha value is -0.0700. The van der Waals surface area contributed by atoms with Crippen molar-refractivity contribution in [1.29, 1.82) is 0 Å².